The number of aromatic nitrogens is 2. The molecule has 0 bridgehead atoms. The van der Waals surface area contributed by atoms with Gasteiger partial charge in [-0.2, -0.15) is 5.10 Å². The predicted octanol–water partition coefficient (Wildman–Crippen LogP) is 1.49. The molecule has 1 unspecified atom stereocenters. The van der Waals surface area contributed by atoms with Gasteiger partial charge in [0.15, 0.2) is 6.10 Å². The highest BCUT2D eigenvalue weighted by Gasteiger charge is 2.15. The number of fused-ring (bicyclic) bond motifs is 1. The fourth-order valence-corrected chi connectivity index (χ4v) is 2.63. The second kappa shape index (κ2) is 8.01. The van der Waals surface area contributed by atoms with Gasteiger partial charge in [0.25, 0.3) is 5.56 Å². The smallest absolute Gasteiger partial charge is 0.349 e. The first-order valence-electron chi connectivity index (χ1n) is 8.77. The summed E-state index contributed by atoms with van der Waals surface area (Å²) in [5.74, 6) is -0.856. The van der Waals surface area contributed by atoms with Crippen molar-refractivity contribution in [3.05, 3.63) is 68.9 Å². The molecule has 2 aromatic carbocycles. The highest BCUT2D eigenvalue weighted by molar-refractivity contribution is 5.85. The number of anilines is 1. The summed E-state index contributed by atoms with van der Waals surface area (Å²) in [6.45, 7) is 1.41. The standard InChI is InChI=1S/C20H20N4O5/c1-12(19(26)27)29-17-10-14(23(2)3)9-8-13(17)11-21-24-18(25)15-6-4-5-7-16(15)22-20(24)28/h4-12H,1-3H3,(H,22,28)(H,26,27). The molecule has 0 saturated heterocycles. The summed E-state index contributed by atoms with van der Waals surface area (Å²) in [5.41, 5.74) is 0.380. The zero-order valence-corrected chi connectivity index (χ0v) is 16.1. The minimum absolute atomic E-state index is 0.264. The van der Waals surface area contributed by atoms with E-state index < -0.39 is 23.3 Å². The Balaban J connectivity index is 2.06. The number of nitrogens with one attached hydrogen (secondary N) is 1. The molecule has 2 N–H and O–H groups in total. The number of H-pyrrole nitrogens is 1. The molecule has 9 nitrogen and oxygen atoms in total. The third-order valence-corrected chi connectivity index (χ3v) is 4.26. The summed E-state index contributed by atoms with van der Waals surface area (Å²) < 4.78 is 6.24. The minimum atomic E-state index is -1.12. The lowest BCUT2D eigenvalue weighted by Crippen LogP contribution is -2.32. The van der Waals surface area contributed by atoms with Gasteiger partial charge in [-0.1, -0.05) is 12.1 Å². The van der Waals surface area contributed by atoms with Crippen LogP contribution in [0.1, 0.15) is 12.5 Å². The van der Waals surface area contributed by atoms with Crippen LogP contribution in [0.25, 0.3) is 10.9 Å². The van der Waals surface area contributed by atoms with Crippen molar-refractivity contribution in [2.75, 3.05) is 19.0 Å². The van der Waals surface area contributed by atoms with Crippen molar-refractivity contribution in [2.45, 2.75) is 13.0 Å². The monoisotopic (exact) mass is 396 g/mol. The van der Waals surface area contributed by atoms with E-state index in [9.17, 15) is 14.4 Å². The topological polar surface area (TPSA) is 117 Å². The zero-order valence-electron chi connectivity index (χ0n) is 16.1. The Morgan fingerprint density at radius 3 is 2.66 bits per heavy atom. The average molecular weight is 396 g/mol. The molecule has 0 saturated carbocycles. The number of carboxylic acids is 1. The Kier molecular flexibility index (Phi) is 5.49. The second-order valence-corrected chi connectivity index (χ2v) is 6.55. The first kappa shape index (κ1) is 19.9. The Labute approximate surface area is 165 Å². The number of hydrogen-bond acceptors (Lipinski definition) is 6. The third kappa shape index (κ3) is 4.18. The van der Waals surface area contributed by atoms with Crippen LogP contribution in [0, 0.1) is 0 Å². The number of nitrogens with zero attached hydrogens (tertiary/aromatic N) is 3. The summed E-state index contributed by atoms with van der Waals surface area (Å²) in [4.78, 5) is 40.4. The van der Waals surface area contributed by atoms with Crippen LogP contribution in [0.3, 0.4) is 0 Å². The summed E-state index contributed by atoms with van der Waals surface area (Å²) in [7, 11) is 3.67. The SMILES string of the molecule is CC(Oc1cc(N(C)C)ccc1C=Nn1c(=O)[nH]c2ccccc2c1=O)C(=O)O. The number of ether oxygens (including phenoxy) is 1. The quantitative estimate of drug-likeness (QED) is 0.610. The maximum absolute atomic E-state index is 12.6. The van der Waals surface area contributed by atoms with Crippen molar-refractivity contribution in [1.29, 1.82) is 0 Å². The van der Waals surface area contributed by atoms with Crippen LogP contribution in [0.15, 0.2) is 57.2 Å². The van der Waals surface area contributed by atoms with E-state index in [1.54, 1.807) is 42.5 Å². The van der Waals surface area contributed by atoms with Crippen LogP contribution in [0.4, 0.5) is 5.69 Å². The number of carboxylic acid groups (broad SMARTS) is 1. The molecule has 1 atom stereocenters. The van der Waals surface area contributed by atoms with Crippen molar-refractivity contribution in [1.82, 2.24) is 9.66 Å². The summed E-state index contributed by atoms with van der Waals surface area (Å²) in [6.07, 6.45) is 0.195. The lowest BCUT2D eigenvalue weighted by molar-refractivity contribution is -0.144. The average Bonchev–Trinajstić information content (AvgIpc) is 2.68. The summed E-state index contributed by atoms with van der Waals surface area (Å²) >= 11 is 0. The Bertz CT molecular complexity index is 1210. The molecule has 1 aromatic heterocycles. The lowest BCUT2D eigenvalue weighted by atomic mass is 10.2. The van der Waals surface area contributed by atoms with Gasteiger partial charge in [0.2, 0.25) is 0 Å². The van der Waals surface area contributed by atoms with Crippen LogP contribution in [0.2, 0.25) is 0 Å². The Morgan fingerprint density at radius 1 is 1.24 bits per heavy atom. The van der Waals surface area contributed by atoms with E-state index in [0.29, 0.717) is 21.1 Å². The van der Waals surface area contributed by atoms with Gasteiger partial charge >= 0.3 is 11.7 Å². The van der Waals surface area contributed by atoms with Crippen molar-refractivity contribution < 1.29 is 14.6 Å². The van der Waals surface area contributed by atoms with Crippen molar-refractivity contribution in [2.24, 2.45) is 5.10 Å². The number of carbonyl (C=O) groups is 1. The molecule has 0 aliphatic heterocycles. The summed E-state index contributed by atoms with van der Waals surface area (Å²) in [6, 6.07) is 11.7. The van der Waals surface area contributed by atoms with Gasteiger partial charge < -0.3 is 19.7 Å². The molecule has 3 aromatic rings. The lowest BCUT2D eigenvalue weighted by Gasteiger charge is -2.17. The number of rotatable bonds is 6. The number of aliphatic carboxylic acids is 1. The van der Waals surface area contributed by atoms with Crippen LogP contribution >= 0.6 is 0 Å². The van der Waals surface area contributed by atoms with Crippen LogP contribution < -0.4 is 20.9 Å². The van der Waals surface area contributed by atoms with E-state index in [2.05, 4.69) is 10.1 Å². The highest BCUT2D eigenvalue weighted by atomic mass is 16.5. The number of aromatic amines is 1. The van der Waals surface area contributed by atoms with Gasteiger partial charge in [-0.25, -0.2) is 9.59 Å². The normalized spacial score (nSPS) is 12.2. The molecule has 9 heteroatoms. The molecule has 0 spiro atoms. The van der Waals surface area contributed by atoms with E-state index in [1.807, 2.05) is 19.0 Å². The number of hydrogen-bond donors (Lipinski definition) is 2. The van der Waals surface area contributed by atoms with E-state index >= 15 is 0 Å². The molecule has 0 aliphatic carbocycles. The first-order chi connectivity index (χ1) is 13.8. The third-order valence-electron chi connectivity index (χ3n) is 4.26. The Hall–Kier alpha value is -3.88. The van der Waals surface area contributed by atoms with Crippen LogP contribution in [-0.4, -0.2) is 47.1 Å². The van der Waals surface area contributed by atoms with E-state index in [4.69, 9.17) is 9.84 Å². The largest absolute Gasteiger partial charge is 0.479 e. The van der Waals surface area contributed by atoms with Crippen molar-refractivity contribution >= 4 is 28.8 Å². The predicted molar refractivity (Wildman–Crippen MR) is 110 cm³/mol. The molecule has 0 fully saturated rings. The maximum atomic E-state index is 12.6. The van der Waals surface area contributed by atoms with Crippen molar-refractivity contribution in [3.8, 4) is 5.75 Å². The molecule has 0 amide bonds. The van der Waals surface area contributed by atoms with Gasteiger partial charge in [0.1, 0.15) is 5.75 Å². The van der Waals surface area contributed by atoms with E-state index in [-0.39, 0.29) is 5.75 Å². The van der Waals surface area contributed by atoms with Crippen LogP contribution in [-0.2, 0) is 4.79 Å². The zero-order chi connectivity index (χ0) is 21.1. The van der Waals surface area contributed by atoms with E-state index in [0.717, 1.165) is 5.69 Å². The van der Waals surface area contributed by atoms with Gasteiger partial charge in [-0.15, -0.1) is 4.68 Å². The highest BCUT2D eigenvalue weighted by Crippen LogP contribution is 2.25. The van der Waals surface area contributed by atoms with Crippen LogP contribution in [0.5, 0.6) is 5.75 Å². The van der Waals surface area contributed by atoms with E-state index in [1.165, 1.54) is 13.1 Å². The van der Waals surface area contributed by atoms with Crippen molar-refractivity contribution in [3.63, 3.8) is 0 Å². The van der Waals surface area contributed by atoms with Gasteiger partial charge in [-0.05, 0) is 31.2 Å². The molecule has 0 aliphatic rings. The number of benzene rings is 2. The fourth-order valence-electron chi connectivity index (χ4n) is 2.63. The minimum Gasteiger partial charge on any atom is -0.479 e. The first-order valence-corrected chi connectivity index (χ1v) is 8.77. The number of para-hydroxylation sites is 1. The molecular formula is C20H20N4O5. The molecule has 3 rings (SSSR count). The van der Waals surface area contributed by atoms with Gasteiger partial charge in [0, 0.05) is 31.4 Å². The molecular weight excluding hydrogens is 376 g/mol. The molecule has 0 radical (unpaired) electrons. The second-order valence-electron chi connectivity index (χ2n) is 6.55. The molecule has 150 valence electrons. The molecule has 29 heavy (non-hydrogen) atoms. The molecule has 1 heterocycles. The van der Waals surface area contributed by atoms with Gasteiger partial charge in [-0.3, -0.25) is 4.79 Å². The maximum Gasteiger partial charge on any atom is 0.349 e. The van der Waals surface area contributed by atoms with Gasteiger partial charge in [0.05, 0.1) is 17.1 Å². The Morgan fingerprint density at radius 2 is 1.97 bits per heavy atom. The summed E-state index contributed by atoms with van der Waals surface area (Å²) in [5, 5.41) is 13.5. The fraction of sp³-hybridized carbons (Fsp3) is 0.200.